The van der Waals surface area contributed by atoms with E-state index in [4.69, 9.17) is 5.73 Å². The molecule has 6 nitrogen and oxygen atoms in total. The van der Waals surface area contributed by atoms with Gasteiger partial charge in [-0.3, -0.25) is 14.6 Å². The Morgan fingerprint density at radius 3 is 2.45 bits per heavy atom. The molecule has 2 amide bonds. The number of nitrogens with zero attached hydrogens (tertiary/aromatic N) is 2. The molecule has 3 aromatic rings. The second-order valence-electron chi connectivity index (χ2n) is 10.4. The number of amides is 2. The van der Waals surface area contributed by atoms with E-state index in [9.17, 15) is 22.8 Å². The summed E-state index contributed by atoms with van der Waals surface area (Å²) >= 11 is 0. The fraction of sp³-hybridized carbons (Fsp3) is 0.323. The molecule has 0 unspecified atom stereocenters. The molecule has 5 rings (SSSR count). The standard InChI is InChI=1S/C31H31F3N4O2/c1-19(20-2-4-22(5-3-20)27-17-26(31(32,33)34)9-8-25(27)18-35)37-29(39)28-16-24(10-13-36-28)21-11-14-38(15-12-21)30(40)23-6-7-23/h2-5,8-11,13,16-17,19,23H,6-7,12,14-15,18,35H2,1H3,(H,37,39)/t19-/m1/s1. The van der Waals surface area contributed by atoms with Gasteiger partial charge in [-0.1, -0.05) is 36.4 Å². The molecule has 1 fully saturated rings. The number of nitrogens with one attached hydrogen (secondary N) is 1. The smallest absolute Gasteiger partial charge is 0.344 e. The van der Waals surface area contributed by atoms with Crippen LogP contribution in [-0.4, -0.2) is 34.8 Å². The Labute approximate surface area is 231 Å². The maximum Gasteiger partial charge on any atom is 0.416 e. The van der Waals surface area contributed by atoms with E-state index in [-0.39, 0.29) is 36.0 Å². The molecule has 208 valence electrons. The van der Waals surface area contributed by atoms with E-state index >= 15 is 0 Å². The highest BCUT2D eigenvalue weighted by Crippen LogP contribution is 2.35. The molecule has 1 aliphatic carbocycles. The van der Waals surface area contributed by atoms with Crippen molar-refractivity contribution >= 4 is 17.4 Å². The number of halogens is 3. The van der Waals surface area contributed by atoms with E-state index in [0.717, 1.165) is 48.1 Å². The lowest BCUT2D eigenvalue weighted by molar-refractivity contribution is -0.137. The Morgan fingerprint density at radius 2 is 1.82 bits per heavy atom. The molecule has 2 aliphatic rings. The number of carbonyl (C=O) groups is 2. The van der Waals surface area contributed by atoms with Crippen LogP contribution in [0.5, 0.6) is 0 Å². The van der Waals surface area contributed by atoms with Gasteiger partial charge in [-0.25, -0.2) is 0 Å². The van der Waals surface area contributed by atoms with Crippen molar-refractivity contribution < 1.29 is 22.8 Å². The molecule has 2 aromatic carbocycles. The summed E-state index contributed by atoms with van der Waals surface area (Å²) in [5, 5.41) is 2.95. The maximum atomic E-state index is 13.3. The first-order valence-corrected chi connectivity index (χ1v) is 13.4. The molecule has 1 saturated carbocycles. The Kier molecular flexibility index (Phi) is 7.76. The monoisotopic (exact) mass is 548 g/mol. The number of hydrogen-bond donors (Lipinski definition) is 2. The normalized spacial score (nSPS) is 16.3. The summed E-state index contributed by atoms with van der Waals surface area (Å²) in [5.41, 5.74) is 9.78. The number of hydrogen-bond acceptors (Lipinski definition) is 4. The lowest BCUT2D eigenvalue weighted by atomic mass is 9.95. The number of carbonyl (C=O) groups excluding carboxylic acids is 2. The number of rotatable bonds is 7. The molecule has 0 radical (unpaired) electrons. The van der Waals surface area contributed by atoms with Gasteiger partial charge in [-0.15, -0.1) is 0 Å². The molecular formula is C31H31F3N4O2. The Morgan fingerprint density at radius 1 is 1.07 bits per heavy atom. The Hall–Kier alpha value is -3.98. The van der Waals surface area contributed by atoms with Crippen LogP contribution in [0.3, 0.4) is 0 Å². The third kappa shape index (κ3) is 6.09. The largest absolute Gasteiger partial charge is 0.416 e. The van der Waals surface area contributed by atoms with Crippen molar-refractivity contribution in [3.05, 3.63) is 94.8 Å². The van der Waals surface area contributed by atoms with Crippen LogP contribution >= 0.6 is 0 Å². The van der Waals surface area contributed by atoms with E-state index < -0.39 is 11.7 Å². The van der Waals surface area contributed by atoms with E-state index in [1.165, 1.54) is 6.07 Å². The van der Waals surface area contributed by atoms with Crippen LogP contribution < -0.4 is 11.1 Å². The molecule has 1 atom stereocenters. The lowest BCUT2D eigenvalue weighted by Gasteiger charge is -2.27. The summed E-state index contributed by atoms with van der Waals surface area (Å²) in [6, 6.07) is 13.9. The van der Waals surface area contributed by atoms with E-state index in [1.807, 2.05) is 24.0 Å². The third-order valence-electron chi connectivity index (χ3n) is 7.54. The van der Waals surface area contributed by atoms with Crippen molar-refractivity contribution in [2.24, 2.45) is 11.7 Å². The van der Waals surface area contributed by atoms with Crippen molar-refractivity contribution in [2.45, 2.75) is 44.9 Å². The quantitative estimate of drug-likeness (QED) is 0.394. The van der Waals surface area contributed by atoms with Crippen LogP contribution in [0.1, 0.15) is 65.0 Å². The summed E-state index contributed by atoms with van der Waals surface area (Å²) in [7, 11) is 0. The number of nitrogens with two attached hydrogens (primary N) is 1. The van der Waals surface area contributed by atoms with Crippen LogP contribution in [0, 0.1) is 5.92 Å². The van der Waals surface area contributed by atoms with Crippen molar-refractivity contribution in [2.75, 3.05) is 13.1 Å². The topological polar surface area (TPSA) is 88.3 Å². The number of pyridine rings is 1. The van der Waals surface area contributed by atoms with Gasteiger partial charge in [0, 0.05) is 31.7 Å². The molecule has 1 aliphatic heterocycles. The molecule has 3 N–H and O–H groups in total. The second kappa shape index (κ2) is 11.3. The zero-order chi connectivity index (χ0) is 28.4. The minimum atomic E-state index is -4.45. The van der Waals surface area contributed by atoms with Gasteiger partial charge in [0.05, 0.1) is 11.6 Å². The highest BCUT2D eigenvalue weighted by atomic mass is 19.4. The van der Waals surface area contributed by atoms with Gasteiger partial charge in [0.25, 0.3) is 5.91 Å². The summed E-state index contributed by atoms with van der Waals surface area (Å²) in [6.07, 6.45) is 1.91. The molecule has 40 heavy (non-hydrogen) atoms. The molecule has 0 bridgehead atoms. The van der Waals surface area contributed by atoms with Crippen LogP contribution in [0.25, 0.3) is 16.7 Å². The SMILES string of the molecule is C[C@@H](NC(=O)c1cc(C2=CCN(C(=O)C3CC3)CC2)ccn1)c1ccc(-c2cc(C(F)(F)F)ccc2CN)cc1. The summed E-state index contributed by atoms with van der Waals surface area (Å²) in [6.45, 7) is 3.20. The number of benzene rings is 2. The summed E-state index contributed by atoms with van der Waals surface area (Å²) in [5.74, 6) is 0.110. The number of aromatic nitrogens is 1. The van der Waals surface area contributed by atoms with Gasteiger partial charge in [0.15, 0.2) is 0 Å². The van der Waals surface area contributed by atoms with Gasteiger partial charge in [0.2, 0.25) is 5.91 Å². The van der Waals surface area contributed by atoms with Crippen LogP contribution in [0.2, 0.25) is 0 Å². The van der Waals surface area contributed by atoms with Gasteiger partial charge in [-0.2, -0.15) is 13.2 Å². The van der Waals surface area contributed by atoms with E-state index in [0.29, 0.717) is 29.8 Å². The van der Waals surface area contributed by atoms with Crippen molar-refractivity contribution in [1.29, 1.82) is 0 Å². The highest BCUT2D eigenvalue weighted by Gasteiger charge is 2.34. The first-order chi connectivity index (χ1) is 19.1. The zero-order valence-corrected chi connectivity index (χ0v) is 22.2. The lowest BCUT2D eigenvalue weighted by Crippen LogP contribution is -2.35. The van der Waals surface area contributed by atoms with Crippen molar-refractivity contribution in [3.63, 3.8) is 0 Å². The predicted octanol–water partition coefficient (Wildman–Crippen LogP) is 5.74. The predicted molar refractivity (Wildman–Crippen MR) is 147 cm³/mol. The van der Waals surface area contributed by atoms with Crippen LogP contribution in [0.15, 0.2) is 66.9 Å². The van der Waals surface area contributed by atoms with E-state index in [1.54, 1.807) is 36.5 Å². The number of alkyl halides is 3. The average Bonchev–Trinajstić information content (AvgIpc) is 3.82. The highest BCUT2D eigenvalue weighted by molar-refractivity contribution is 5.93. The van der Waals surface area contributed by atoms with Gasteiger partial charge >= 0.3 is 6.18 Å². The zero-order valence-electron chi connectivity index (χ0n) is 22.2. The van der Waals surface area contributed by atoms with Crippen molar-refractivity contribution in [1.82, 2.24) is 15.2 Å². The van der Waals surface area contributed by atoms with Gasteiger partial charge in [-0.05, 0) is 83.8 Å². The summed E-state index contributed by atoms with van der Waals surface area (Å²) in [4.78, 5) is 31.5. The third-order valence-corrected chi connectivity index (χ3v) is 7.54. The minimum Gasteiger partial charge on any atom is -0.344 e. The molecule has 2 heterocycles. The summed E-state index contributed by atoms with van der Waals surface area (Å²) < 4.78 is 39.8. The first kappa shape index (κ1) is 27.6. The molecule has 0 spiro atoms. The van der Waals surface area contributed by atoms with Crippen LogP contribution in [0.4, 0.5) is 13.2 Å². The molecule has 1 aromatic heterocycles. The molecule has 0 saturated heterocycles. The fourth-order valence-corrected chi connectivity index (χ4v) is 4.98. The van der Waals surface area contributed by atoms with E-state index in [2.05, 4.69) is 10.3 Å². The maximum absolute atomic E-state index is 13.3. The molecular weight excluding hydrogens is 517 g/mol. The van der Waals surface area contributed by atoms with Crippen LogP contribution in [-0.2, 0) is 17.5 Å². The second-order valence-corrected chi connectivity index (χ2v) is 10.4. The molecule has 9 heteroatoms. The van der Waals surface area contributed by atoms with Gasteiger partial charge in [0.1, 0.15) is 5.69 Å². The minimum absolute atomic E-state index is 0.113. The fourth-order valence-electron chi connectivity index (χ4n) is 4.98. The van der Waals surface area contributed by atoms with Crippen molar-refractivity contribution in [3.8, 4) is 11.1 Å². The first-order valence-electron chi connectivity index (χ1n) is 13.4. The average molecular weight is 549 g/mol. The Balaban J connectivity index is 1.26. The Bertz CT molecular complexity index is 1450. The van der Waals surface area contributed by atoms with Gasteiger partial charge < -0.3 is 16.0 Å².